The Bertz CT molecular complexity index is 1220. The van der Waals surface area contributed by atoms with E-state index in [-0.39, 0.29) is 0 Å². The predicted octanol–water partition coefficient (Wildman–Crippen LogP) is 13.0. The molecule has 0 N–H and O–H groups in total. The molecule has 2 rings (SSSR count). The molecule has 0 aliphatic carbocycles. The van der Waals surface area contributed by atoms with Crippen LogP contribution >= 0.6 is 0 Å². The molecule has 0 radical (unpaired) electrons. The van der Waals surface area contributed by atoms with Crippen molar-refractivity contribution in [1.29, 1.82) is 0 Å². The Morgan fingerprint density at radius 1 is 0.581 bits per heavy atom. The minimum Gasteiger partial charge on any atom is -0.246 e. The topological polar surface area (TPSA) is 24.7 Å². The van der Waals surface area contributed by atoms with Crippen LogP contribution in [-0.2, 0) is 0 Å². The average molecular weight is 581 g/mol. The van der Waals surface area contributed by atoms with Crippen molar-refractivity contribution in [3.63, 3.8) is 0 Å². The van der Waals surface area contributed by atoms with E-state index in [0.717, 1.165) is 42.1 Å². The molecule has 0 atom stereocenters. The van der Waals surface area contributed by atoms with Crippen LogP contribution in [0.2, 0.25) is 0 Å². The molecular formula is C41H60N2. The highest BCUT2D eigenvalue weighted by Crippen LogP contribution is 2.21. The van der Waals surface area contributed by atoms with Crippen molar-refractivity contribution in [3.8, 4) is 11.8 Å². The Morgan fingerprint density at radius 3 is 1.60 bits per heavy atom. The van der Waals surface area contributed by atoms with Crippen molar-refractivity contribution in [2.75, 3.05) is 0 Å². The van der Waals surface area contributed by atoms with E-state index in [1.807, 2.05) is 0 Å². The fourth-order valence-electron chi connectivity index (χ4n) is 5.08. The van der Waals surface area contributed by atoms with Crippen LogP contribution in [0.15, 0.2) is 58.5 Å². The summed E-state index contributed by atoms with van der Waals surface area (Å²) in [7, 11) is 0. The summed E-state index contributed by atoms with van der Waals surface area (Å²) in [4.78, 5) is 10.2. The summed E-state index contributed by atoms with van der Waals surface area (Å²) < 4.78 is 0. The van der Waals surface area contributed by atoms with Crippen LogP contribution in [0.5, 0.6) is 0 Å². The van der Waals surface area contributed by atoms with Gasteiger partial charge in [-0.15, -0.1) is 0 Å². The first kappa shape index (κ1) is 36.3. The minimum absolute atomic E-state index is 0.761. The van der Waals surface area contributed by atoms with E-state index < -0.39 is 0 Å². The number of hydrogen-bond donors (Lipinski definition) is 0. The molecular weight excluding hydrogens is 520 g/mol. The van der Waals surface area contributed by atoms with Gasteiger partial charge in [-0.1, -0.05) is 121 Å². The molecule has 2 nitrogen and oxygen atoms in total. The van der Waals surface area contributed by atoms with Crippen molar-refractivity contribution >= 4 is 22.8 Å². The van der Waals surface area contributed by atoms with Crippen molar-refractivity contribution in [2.45, 2.75) is 151 Å². The number of nitrogens with zero attached hydrogens (tertiary/aromatic N) is 2. The van der Waals surface area contributed by atoms with Gasteiger partial charge in [0.25, 0.3) is 0 Å². The van der Waals surface area contributed by atoms with Gasteiger partial charge in [-0.2, -0.15) is 0 Å². The van der Waals surface area contributed by atoms with Crippen LogP contribution in [0.1, 0.15) is 145 Å². The molecule has 0 bridgehead atoms. The molecule has 2 aromatic rings. The second kappa shape index (κ2) is 22.6. The quantitative estimate of drug-likeness (QED) is 0.0845. The van der Waals surface area contributed by atoms with Crippen LogP contribution in [0.4, 0.5) is 11.4 Å². The lowest BCUT2D eigenvalue weighted by molar-refractivity contribution is 0.579. The number of allylic oxidation sites excluding steroid dienone is 2. The third-order valence-corrected chi connectivity index (χ3v) is 8.33. The Morgan fingerprint density at radius 2 is 1.07 bits per heavy atom. The Kier molecular flexibility index (Phi) is 19.1. The monoisotopic (exact) mass is 580 g/mol. The summed E-state index contributed by atoms with van der Waals surface area (Å²) in [5, 5.41) is 0. The maximum absolute atomic E-state index is 5.13. The second-order valence-electron chi connectivity index (χ2n) is 12.3. The summed E-state index contributed by atoms with van der Waals surface area (Å²) >= 11 is 0. The Labute approximate surface area is 265 Å². The van der Waals surface area contributed by atoms with Gasteiger partial charge in [0.2, 0.25) is 0 Å². The third-order valence-electron chi connectivity index (χ3n) is 8.33. The highest BCUT2D eigenvalue weighted by atomic mass is 14.8. The molecule has 0 unspecified atom stereocenters. The number of unbranched alkanes of at least 4 members (excludes halogenated alkanes) is 15. The van der Waals surface area contributed by atoms with Gasteiger partial charge in [-0.3, -0.25) is 0 Å². The lowest BCUT2D eigenvalue weighted by Crippen LogP contribution is -2.09. The van der Waals surface area contributed by atoms with Gasteiger partial charge >= 0.3 is 0 Å². The largest absolute Gasteiger partial charge is 0.246 e. The molecule has 234 valence electrons. The van der Waals surface area contributed by atoms with Gasteiger partial charge in [-0.25, -0.2) is 9.98 Å². The number of rotatable bonds is 20. The van der Waals surface area contributed by atoms with Crippen LogP contribution in [0, 0.1) is 39.5 Å². The van der Waals surface area contributed by atoms with Gasteiger partial charge in [0.05, 0.1) is 17.1 Å². The normalized spacial score (nSPS) is 12.1. The molecule has 0 aliphatic heterocycles. The second-order valence-corrected chi connectivity index (χ2v) is 12.3. The van der Waals surface area contributed by atoms with E-state index in [4.69, 9.17) is 9.98 Å². The molecule has 0 heterocycles. The van der Waals surface area contributed by atoms with Gasteiger partial charge in [0.1, 0.15) is 5.71 Å². The maximum Gasteiger partial charge on any atom is 0.139 e. The number of aryl methyl sites for hydroxylation is 4. The predicted molar refractivity (Wildman–Crippen MR) is 193 cm³/mol. The summed E-state index contributed by atoms with van der Waals surface area (Å²) in [6, 6.07) is 12.8. The standard InChI is InChI=1S/C41H60N2/c1-7-9-11-13-15-17-19-21-23-25-27-41(43-39-31-29-35(4)37(6)33-39)40(42-38-30-28-34(3)36(5)32-38)26-24-22-20-18-16-14-12-10-8-2/h24,26,28-33H,7-23H2,1-6H3/b26-24+,42-40?,43-41?. The fraction of sp³-hybridized carbons (Fsp3) is 0.561. The number of benzene rings is 2. The van der Waals surface area contributed by atoms with Crippen molar-refractivity contribution in [3.05, 3.63) is 70.8 Å². The highest BCUT2D eigenvalue weighted by Gasteiger charge is 2.07. The molecule has 0 saturated carbocycles. The zero-order valence-electron chi connectivity index (χ0n) is 28.5. The van der Waals surface area contributed by atoms with Gasteiger partial charge in [-0.05, 0) is 105 Å². The zero-order chi connectivity index (χ0) is 31.1. The van der Waals surface area contributed by atoms with Gasteiger partial charge < -0.3 is 0 Å². The minimum atomic E-state index is 0.761. The van der Waals surface area contributed by atoms with Gasteiger partial charge in [0, 0.05) is 6.42 Å². The molecule has 0 saturated heterocycles. The van der Waals surface area contributed by atoms with E-state index >= 15 is 0 Å². The molecule has 2 aromatic carbocycles. The molecule has 0 spiro atoms. The van der Waals surface area contributed by atoms with E-state index in [0.29, 0.717) is 0 Å². The lowest BCUT2D eigenvalue weighted by Gasteiger charge is -2.06. The van der Waals surface area contributed by atoms with Crippen molar-refractivity contribution in [2.24, 2.45) is 9.98 Å². The van der Waals surface area contributed by atoms with E-state index in [1.54, 1.807) is 0 Å². The highest BCUT2D eigenvalue weighted by molar-refractivity contribution is 6.53. The van der Waals surface area contributed by atoms with Crippen molar-refractivity contribution < 1.29 is 0 Å². The van der Waals surface area contributed by atoms with Crippen LogP contribution < -0.4 is 0 Å². The number of hydrogen-bond acceptors (Lipinski definition) is 2. The third kappa shape index (κ3) is 15.9. The maximum atomic E-state index is 5.13. The molecule has 2 heteroatoms. The van der Waals surface area contributed by atoms with E-state index in [9.17, 15) is 0 Å². The van der Waals surface area contributed by atoms with Crippen LogP contribution in [0.25, 0.3) is 0 Å². The first-order valence-corrected chi connectivity index (χ1v) is 17.4. The first-order valence-electron chi connectivity index (χ1n) is 17.4. The summed E-state index contributed by atoms with van der Waals surface area (Å²) in [6.45, 7) is 13.1. The molecule has 0 fully saturated rings. The Balaban J connectivity index is 2.25. The van der Waals surface area contributed by atoms with E-state index in [2.05, 4.69) is 102 Å². The van der Waals surface area contributed by atoms with E-state index in [1.165, 1.54) is 112 Å². The first-order chi connectivity index (χ1) is 20.9. The SMILES string of the molecule is CCCCCCCCC/C=C/C(=Nc1ccc(C)c(C)c1)C(C#CCCCCCCCCCC)=Nc1ccc(C)c(C)c1. The molecule has 43 heavy (non-hydrogen) atoms. The summed E-state index contributed by atoms with van der Waals surface area (Å²) in [6.07, 6.45) is 26.1. The van der Waals surface area contributed by atoms with Crippen LogP contribution in [0.3, 0.4) is 0 Å². The summed E-state index contributed by atoms with van der Waals surface area (Å²) in [5.74, 6) is 6.94. The van der Waals surface area contributed by atoms with Crippen LogP contribution in [-0.4, -0.2) is 11.4 Å². The molecule has 0 aliphatic rings. The Hall–Kier alpha value is -2.92. The van der Waals surface area contributed by atoms with Crippen molar-refractivity contribution in [1.82, 2.24) is 0 Å². The average Bonchev–Trinajstić information content (AvgIpc) is 2.99. The van der Waals surface area contributed by atoms with Gasteiger partial charge in [0.15, 0.2) is 0 Å². The fourth-order valence-corrected chi connectivity index (χ4v) is 5.08. The lowest BCUT2D eigenvalue weighted by atomic mass is 10.1. The molecule has 0 amide bonds. The molecule has 0 aromatic heterocycles. The number of aliphatic imine (C=N–C) groups is 2. The zero-order valence-corrected chi connectivity index (χ0v) is 28.5. The summed E-state index contributed by atoms with van der Waals surface area (Å²) in [5.41, 5.74) is 8.56. The smallest absolute Gasteiger partial charge is 0.139 e.